The van der Waals surface area contributed by atoms with Gasteiger partial charge in [0, 0.05) is 25.2 Å². The maximum atomic E-state index is 13.7. The van der Waals surface area contributed by atoms with Crippen LogP contribution in [0, 0.1) is 0 Å². The fourth-order valence-corrected chi connectivity index (χ4v) is 6.03. The molecule has 0 radical (unpaired) electrons. The molecular formula is C30H31Cl2N5O5S. The van der Waals surface area contributed by atoms with E-state index in [0.717, 1.165) is 42.2 Å². The number of carbonyl (C=O) groups is 1. The minimum absolute atomic E-state index is 0.251. The van der Waals surface area contributed by atoms with Crippen LogP contribution >= 0.6 is 23.2 Å². The number of hydrogen-bond donors (Lipinski definition) is 2. The molecule has 1 fully saturated rings. The van der Waals surface area contributed by atoms with Gasteiger partial charge in [0.2, 0.25) is 15.9 Å². The van der Waals surface area contributed by atoms with Gasteiger partial charge >= 0.3 is 0 Å². The third-order valence-electron chi connectivity index (χ3n) is 7.30. The molecule has 0 aliphatic carbocycles. The number of anilines is 1. The van der Waals surface area contributed by atoms with Crippen molar-refractivity contribution in [3.8, 4) is 11.1 Å². The SMILES string of the molecule is CC(C(=O)NC(CN1CCOCC1)c1ccc(-c2ccccc2NS(C)(=O)=O)cc1)n1c(=O)cnc2cc(Cl)c(Cl)cc21. The number of halogens is 2. The van der Waals surface area contributed by atoms with Crippen LogP contribution in [0.25, 0.3) is 22.2 Å². The molecular weight excluding hydrogens is 613 g/mol. The van der Waals surface area contributed by atoms with Crippen molar-refractivity contribution < 1.29 is 17.9 Å². The maximum absolute atomic E-state index is 13.7. The lowest BCUT2D eigenvalue weighted by atomic mass is 9.99. The maximum Gasteiger partial charge on any atom is 0.270 e. The minimum atomic E-state index is -3.47. The molecule has 0 saturated carbocycles. The van der Waals surface area contributed by atoms with Crippen molar-refractivity contribution in [2.75, 3.05) is 43.8 Å². The molecule has 2 unspecified atom stereocenters. The summed E-state index contributed by atoms with van der Waals surface area (Å²) in [4.78, 5) is 33.0. The molecule has 0 bridgehead atoms. The number of amides is 1. The van der Waals surface area contributed by atoms with Crippen LogP contribution in [-0.4, -0.2) is 67.9 Å². The summed E-state index contributed by atoms with van der Waals surface area (Å²) in [5.41, 5.74) is 3.27. The molecule has 43 heavy (non-hydrogen) atoms. The number of aromatic nitrogens is 2. The number of benzene rings is 3. The van der Waals surface area contributed by atoms with Gasteiger partial charge in [-0.3, -0.25) is 23.8 Å². The van der Waals surface area contributed by atoms with Crippen molar-refractivity contribution in [3.05, 3.63) is 92.8 Å². The zero-order chi connectivity index (χ0) is 30.7. The van der Waals surface area contributed by atoms with Gasteiger partial charge in [0.1, 0.15) is 6.04 Å². The largest absolute Gasteiger partial charge is 0.379 e. The fourth-order valence-electron chi connectivity index (χ4n) is 5.13. The summed E-state index contributed by atoms with van der Waals surface area (Å²) in [6, 6.07) is 16.6. The predicted molar refractivity (Wildman–Crippen MR) is 169 cm³/mol. The quantitative estimate of drug-likeness (QED) is 0.275. The highest BCUT2D eigenvalue weighted by atomic mass is 35.5. The van der Waals surface area contributed by atoms with Crippen molar-refractivity contribution in [1.82, 2.24) is 19.8 Å². The lowest BCUT2D eigenvalue weighted by Crippen LogP contribution is -2.45. The van der Waals surface area contributed by atoms with Gasteiger partial charge < -0.3 is 10.1 Å². The van der Waals surface area contributed by atoms with E-state index in [1.807, 2.05) is 36.4 Å². The molecule has 2 N–H and O–H groups in total. The predicted octanol–water partition coefficient (Wildman–Crippen LogP) is 4.49. The van der Waals surface area contributed by atoms with E-state index in [4.69, 9.17) is 27.9 Å². The number of nitrogens with one attached hydrogen (secondary N) is 2. The van der Waals surface area contributed by atoms with Gasteiger partial charge in [-0.25, -0.2) is 13.4 Å². The number of nitrogens with zero attached hydrogens (tertiary/aromatic N) is 3. The Morgan fingerprint density at radius 2 is 1.72 bits per heavy atom. The highest BCUT2D eigenvalue weighted by Gasteiger charge is 2.25. The van der Waals surface area contributed by atoms with E-state index in [9.17, 15) is 18.0 Å². The van der Waals surface area contributed by atoms with E-state index in [1.165, 1.54) is 10.6 Å². The first kappa shape index (κ1) is 31.0. The van der Waals surface area contributed by atoms with Gasteiger partial charge in [-0.1, -0.05) is 65.7 Å². The standard InChI is InChI=1S/C30H31Cl2N5O5S/c1-19(37-28-16-24(32)23(31)15-26(28)33-17-29(37)38)30(39)34-27(18-36-11-13-42-14-12-36)21-9-7-20(8-10-21)22-5-3-4-6-25(22)35-43(2,40)41/h3-10,15-17,19,27,35H,11-14,18H2,1-2H3,(H,34,39). The van der Waals surface area contributed by atoms with Crippen LogP contribution in [0.4, 0.5) is 5.69 Å². The number of sulfonamides is 1. The molecule has 1 aliphatic heterocycles. The summed E-state index contributed by atoms with van der Waals surface area (Å²) in [5, 5.41) is 3.70. The third-order valence-corrected chi connectivity index (χ3v) is 8.62. The molecule has 13 heteroatoms. The van der Waals surface area contributed by atoms with Crippen LogP contribution in [0.3, 0.4) is 0 Å². The van der Waals surface area contributed by atoms with Gasteiger partial charge in [0.25, 0.3) is 5.56 Å². The molecule has 5 rings (SSSR count). The average molecular weight is 645 g/mol. The number of carbonyl (C=O) groups excluding carboxylic acids is 1. The first-order valence-electron chi connectivity index (χ1n) is 13.6. The monoisotopic (exact) mass is 643 g/mol. The van der Waals surface area contributed by atoms with E-state index in [1.54, 1.807) is 25.1 Å². The molecule has 2 atom stereocenters. The number of fused-ring (bicyclic) bond motifs is 1. The zero-order valence-corrected chi connectivity index (χ0v) is 25.9. The highest BCUT2D eigenvalue weighted by Crippen LogP contribution is 2.31. The number of morpholine rings is 1. The summed E-state index contributed by atoms with van der Waals surface area (Å²) >= 11 is 12.4. The molecule has 1 aliphatic rings. The molecule has 10 nitrogen and oxygen atoms in total. The Hall–Kier alpha value is -3.48. The Morgan fingerprint density at radius 1 is 1.05 bits per heavy atom. The summed E-state index contributed by atoms with van der Waals surface area (Å²) < 4.78 is 33.2. The van der Waals surface area contributed by atoms with Gasteiger partial charge in [0.15, 0.2) is 0 Å². The second kappa shape index (κ2) is 13.0. The number of ether oxygens (including phenoxy) is 1. The minimum Gasteiger partial charge on any atom is -0.379 e. The second-order valence-electron chi connectivity index (χ2n) is 10.4. The van der Waals surface area contributed by atoms with E-state index in [2.05, 4.69) is 19.9 Å². The summed E-state index contributed by atoms with van der Waals surface area (Å²) in [6.45, 7) is 4.82. The number of hydrogen-bond acceptors (Lipinski definition) is 7. The van der Waals surface area contributed by atoms with Crippen LogP contribution in [-0.2, 0) is 19.6 Å². The van der Waals surface area contributed by atoms with Crippen LogP contribution < -0.4 is 15.6 Å². The Bertz CT molecular complexity index is 1810. The van der Waals surface area contributed by atoms with Gasteiger partial charge in [0.05, 0.1) is 58.5 Å². The summed E-state index contributed by atoms with van der Waals surface area (Å²) in [5.74, 6) is -0.356. The molecule has 226 valence electrons. The van der Waals surface area contributed by atoms with Crippen LogP contribution in [0.2, 0.25) is 10.0 Å². The van der Waals surface area contributed by atoms with Crippen LogP contribution in [0.15, 0.2) is 71.7 Å². The van der Waals surface area contributed by atoms with E-state index < -0.39 is 27.7 Å². The molecule has 1 saturated heterocycles. The van der Waals surface area contributed by atoms with Crippen molar-refractivity contribution in [1.29, 1.82) is 0 Å². The third kappa shape index (κ3) is 7.36. The van der Waals surface area contributed by atoms with Crippen molar-refractivity contribution in [2.24, 2.45) is 0 Å². The summed E-state index contributed by atoms with van der Waals surface area (Å²) in [7, 11) is -3.47. The highest BCUT2D eigenvalue weighted by molar-refractivity contribution is 7.92. The van der Waals surface area contributed by atoms with Crippen molar-refractivity contribution >= 4 is 55.9 Å². The topological polar surface area (TPSA) is 123 Å². The van der Waals surface area contributed by atoms with Crippen molar-refractivity contribution in [2.45, 2.75) is 19.0 Å². The molecule has 4 aromatic rings. The Labute approximate surface area is 259 Å². The average Bonchev–Trinajstić information content (AvgIpc) is 2.97. The fraction of sp³-hybridized carbons (Fsp3) is 0.300. The molecule has 0 spiro atoms. The normalized spacial score (nSPS) is 15.6. The molecule has 3 aromatic carbocycles. The molecule has 1 aromatic heterocycles. The molecule has 2 heterocycles. The van der Waals surface area contributed by atoms with Gasteiger partial charge in [-0.15, -0.1) is 0 Å². The van der Waals surface area contributed by atoms with E-state index in [0.29, 0.717) is 41.5 Å². The van der Waals surface area contributed by atoms with Crippen molar-refractivity contribution in [3.63, 3.8) is 0 Å². The Kier molecular flexibility index (Phi) is 9.38. The zero-order valence-electron chi connectivity index (χ0n) is 23.6. The lowest BCUT2D eigenvalue weighted by Gasteiger charge is -2.32. The van der Waals surface area contributed by atoms with E-state index >= 15 is 0 Å². The Morgan fingerprint density at radius 3 is 2.42 bits per heavy atom. The first-order valence-corrected chi connectivity index (χ1v) is 16.3. The first-order chi connectivity index (χ1) is 20.5. The lowest BCUT2D eigenvalue weighted by molar-refractivity contribution is -0.124. The van der Waals surface area contributed by atoms with Gasteiger partial charge in [-0.2, -0.15) is 0 Å². The number of rotatable bonds is 9. The molecule has 1 amide bonds. The van der Waals surface area contributed by atoms with Gasteiger partial charge in [-0.05, 0) is 36.2 Å². The summed E-state index contributed by atoms with van der Waals surface area (Å²) in [6.07, 6.45) is 2.27. The number of para-hydroxylation sites is 1. The second-order valence-corrected chi connectivity index (χ2v) is 13.0. The van der Waals surface area contributed by atoms with Crippen LogP contribution in [0.1, 0.15) is 24.6 Å². The van der Waals surface area contributed by atoms with E-state index in [-0.39, 0.29) is 10.9 Å². The van der Waals surface area contributed by atoms with Crippen LogP contribution in [0.5, 0.6) is 0 Å². The smallest absolute Gasteiger partial charge is 0.270 e. The Balaban J connectivity index is 1.45.